The summed E-state index contributed by atoms with van der Waals surface area (Å²) >= 11 is 0. The molecular weight excluding hydrogens is 569 g/mol. The largest absolute Gasteiger partial charge is 0.310 e. The first-order valence-corrected chi connectivity index (χ1v) is 17.6. The number of nitrogens with zero attached hydrogens (tertiary/aromatic N) is 2. The minimum atomic E-state index is 0.921. The fraction of sp³-hybridized carbons (Fsp3) is 0.244. The molecule has 0 bridgehead atoms. The van der Waals surface area contributed by atoms with Crippen molar-refractivity contribution < 1.29 is 0 Å². The number of allylic oxidation sites excluding steroid dienone is 4. The Morgan fingerprint density at radius 2 is 0.957 bits per heavy atom. The van der Waals surface area contributed by atoms with Crippen LogP contribution < -0.4 is 0 Å². The molecule has 0 fully saturated rings. The maximum atomic E-state index is 2.46. The van der Waals surface area contributed by atoms with Crippen LogP contribution in [0.3, 0.4) is 0 Å². The van der Waals surface area contributed by atoms with Gasteiger partial charge in [0.2, 0.25) is 0 Å². The Hall–Kier alpha value is -4.82. The van der Waals surface area contributed by atoms with Gasteiger partial charge in [-0.15, -0.1) is 0 Å². The Labute approximate surface area is 281 Å². The van der Waals surface area contributed by atoms with E-state index in [2.05, 4.69) is 158 Å². The lowest BCUT2D eigenvalue weighted by Crippen LogP contribution is -2.02. The van der Waals surface area contributed by atoms with Gasteiger partial charge in [-0.05, 0) is 152 Å². The van der Waals surface area contributed by atoms with E-state index >= 15 is 0 Å². The van der Waals surface area contributed by atoms with Crippen molar-refractivity contribution >= 4 is 24.3 Å². The lowest BCUT2D eigenvalue weighted by Gasteiger charge is -2.14. The zero-order chi connectivity index (χ0) is 32.3. The van der Waals surface area contributed by atoms with Crippen LogP contribution >= 0.6 is 0 Å². The SMILES string of the molecule is C/C=C\c1c(CC)c2c(n1-c1ccc(Cc3ccc(-c4ccc(-n5c6c(c(CC)c5/C=C\C)CCC=C6)cc4)cc3)cc1)C=CCC2. The van der Waals surface area contributed by atoms with E-state index in [1.165, 1.54) is 78.7 Å². The predicted octanol–water partition coefficient (Wildman–Crippen LogP) is 11.6. The normalized spacial score (nSPS) is 14.0. The third-order valence-corrected chi connectivity index (χ3v) is 9.97. The average Bonchev–Trinajstić information content (AvgIpc) is 3.61. The molecule has 5 aromatic rings. The fourth-order valence-corrected chi connectivity index (χ4v) is 7.80. The van der Waals surface area contributed by atoms with Crippen molar-refractivity contribution in [2.45, 2.75) is 72.6 Å². The topological polar surface area (TPSA) is 9.86 Å². The Bertz CT molecular complexity index is 2000. The van der Waals surface area contributed by atoms with Crippen molar-refractivity contribution in [3.8, 4) is 22.5 Å². The highest BCUT2D eigenvalue weighted by Gasteiger charge is 2.22. The summed E-state index contributed by atoms with van der Waals surface area (Å²) in [6, 6.07) is 27.4. The van der Waals surface area contributed by atoms with Gasteiger partial charge in [0, 0.05) is 34.2 Å². The molecule has 3 aromatic carbocycles. The lowest BCUT2D eigenvalue weighted by atomic mass is 9.98. The van der Waals surface area contributed by atoms with Crippen molar-refractivity contribution in [3.05, 3.63) is 153 Å². The van der Waals surface area contributed by atoms with Gasteiger partial charge in [0.1, 0.15) is 0 Å². The van der Waals surface area contributed by atoms with Gasteiger partial charge < -0.3 is 9.13 Å². The summed E-state index contributed by atoms with van der Waals surface area (Å²) in [5, 5.41) is 0. The number of hydrogen-bond acceptors (Lipinski definition) is 0. The van der Waals surface area contributed by atoms with Gasteiger partial charge in [0.15, 0.2) is 0 Å². The molecule has 2 aliphatic rings. The van der Waals surface area contributed by atoms with E-state index in [1.54, 1.807) is 0 Å². The van der Waals surface area contributed by atoms with Gasteiger partial charge in [-0.2, -0.15) is 0 Å². The van der Waals surface area contributed by atoms with Crippen LogP contribution in [-0.4, -0.2) is 9.13 Å². The van der Waals surface area contributed by atoms with Gasteiger partial charge in [-0.3, -0.25) is 0 Å². The third kappa shape index (κ3) is 5.71. The first kappa shape index (κ1) is 30.8. The molecule has 2 heterocycles. The summed E-state index contributed by atoms with van der Waals surface area (Å²) in [5.74, 6) is 0. The van der Waals surface area contributed by atoms with E-state index in [1.807, 2.05) is 0 Å². The molecule has 0 atom stereocenters. The first-order valence-electron chi connectivity index (χ1n) is 17.6. The minimum Gasteiger partial charge on any atom is -0.310 e. The molecule has 0 saturated heterocycles. The molecule has 2 aliphatic carbocycles. The van der Waals surface area contributed by atoms with Gasteiger partial charge in [-0.1, -0.05) is 86.7 Å². The van der Waals surface area contributed by atoms with Crippen molar-refractivity contribution in [1.82, 2.24) is 9.13 Å². The van der Waals surface area contributed by atoms with Crippen LogP contribution in [0.25, 0.3) is 46.8 Å². The summed E-state index contributed by atoms with van der Waals surface area (Å²) in [7, 11) is 0. The Morgan fingerprint density at radius 1 is 0.553 bits per heavy atom. The minimum absolute atomic E-state index is 0.921. The van der Waals surface area contributed by atoms with Crippen LogP contribution in [0.1, 0.15) is 96.7 Å². The average molecular weight is 615 g/mol. The highest BCUT2D eigenvalue weighted by Crippen LogP contribution is 2.35. The summed E-state index contributed by atoms with van der Waals surface area (Å²) in [5.41, 5.74) is 19.0. The number of aromatic nitrogens is 2. The molecule has 47 heavy (non-hydrogen) atoms. The second-order valence-corrected chi connectivity index (χ2v) is 12.8. The molecule has 0 unspecified atom stereocenters. The standard InChI is InChI=1S/C45H46N2/c1-5-13-42-38(7-3)40-15-9-11-17-44(40)46(42)36-27-21-33(22-28-36)31-32-19-23-34(24-20-32)35-25-29-37(30-26-35)47-43(14-6-2)39(8-4)41-16-10-12-18-45(41)47/h5-6,11-14,17-30H,7-10,15-16,31H2,1-4H3/b13-5-,14-6-. The van der Waals surface area contributed by atoms with Crippen LogP contribution in [0, 0.1) is 0 Å². The second kappa shape index (κ2) is 13.5. The van der Waals surface area contributed by atoms with E-state index < -0.39 is 0 Å². The third-order valence-electron chi connectivity index (χ3n) is 9.97. The van der Waals surface area contributed by atoms with E-state index in [-0.39, 0.29) is 0 Å². The summed E-state index contributed by atoms with van der Waals surface area (Å²) in [6.07, 6.45) is 25.7. The van der Waals surface area contributed by atoms with Crippen molar-refractivity contribution in [1.29, 1.82) is 0 Å². The summed E-state index contributed by atoms with van der Waals surface area (Å²) in [6.45, 7) is 8.79. The van der Waals surface area contributed by atoms with E-state index in [4.69, 9.17) is 0 Å². The molecule has 0 saturated carbocycles. The molecule has 0 N–H and O–H groups in total. The van der Waals surface area contributed by atoms with E-state index in [9.17, 15) is 0 Å². The Kier molecular flexibility index (Phi) is 8.85. The highest BCUT2D eigenvalue weighted by atomic mass is 15.0. The number of rotatable bonds is 9. The van der Waals surface area contributed by atoms with Crippen molar-refractivity contribution in [3.63, 3.8) is 0 Å². The molecule has 236 valence electrons. The van der Waals surface area contributed by atoms with Gasteiger partial charge >= 0.3 is 0 Å². The molecule has 0 aliphatic heterocycles. The van der Waals surface area contributed by atoms with Gasteiger partial charge in [0.25, 0.3) is 0 Å². The van der Waals surface area contributed by atoms with Crippen LogP contribution in [0.15, 0.2) is 97.1 Å². The molecule has 2 aromatic heterocycles. The maximum Gasteiger partial charge on any atom is 0.0494 e. The first-order chi connectivity index (χ1) is 23.1. The van der Waals surface area contributed by atoms with Crippen molar-refractivity contribution in [2.75, 3.05) is 0 Å². The molecular formula is C45H46N2. The molecule has 0 spiro atoms. The second-order valence-electron chi connectivity index (χ2n) is 12.8. The van der Waals surface area contributed by atoms with E-state index in [0.717, 1.165) is 44.9 Å². The maximum absolute atomic E-state index is 2.46. The van der Waals surface area contributed by atoms with Crippen LogP contribution in [-0.2, 0) is 32.1 Å². The van der Waals surface area contributed by atoms with Gasteiger partial charge in [0.05, 0.1) is 0 Å². The van der Waals surface area contributed by atoms with Crippen LogP contribution in [0.5, 0.6) is 0 Å². The number of benzene rings is 3. The zero-order valence-corrected chi connectivity index (χ0v) is 28.4. The highest BCUT2D eigenvalue weighted by molar-refractivity contribution is 5.71. The smallest absolute Gasteiger partial charge is 0.0494 e. The van der Waals surface area contributed by atoms with Gasteiger partial charge in [-0.25, -0.2) is 0 Å². The summed E-state index contributed by atoms with van der Waals surface area (Å²) in [4.78, 5) is 0. The Morgan fingerprint density at radius 3 is 1.38 bits per heavy atom. The zero-order valence-electron chi connectivity index (χ0n) is 28.4. The Balaban J connectivity index is 1.10. The summed E-state index contributed by atoms with van der Waals surface area (Å²) < 4.78 is 4.91. The van der Waals surface area contributed by atoms with E-state index in [0.29, 0.717) is 0 Å². The predicted molar refractivity (Wildman–Crippen MR) is 203 cm³/mol. The lowest BCUT2D eigenvalue weighted by molar-refractivity contribution is 0.945. The number of fused-ring (bicyclic) bond motifs is 2. The molecule has 2 nitrogen and oxygen atoms in total. The molecule has 2 heteroatoms. The van der Waals surface area contributed by atoms with Crippen LogP contribution in [0.2, 0.25) is 0 Å². The monoisotopic (exact) mass is 614 g/mol. The molecule has 7 rings (SSSR count). The number of hydrogen-bond donors (Lipinski definition) is 0. The molecule has 0 radical (unpaired) electrons. The van der Waals surface area contributed by atoms with Crippen LogP contribution in [0.4, 0.5) is 0 Å². The fourth-order valence-electron chi connectivity index (χ4n) is 7.80. The molecule has 0 amide bonds. The quantitative estimate of drug-likeness (QED) is 0.156. The van der Waals surface area contributed by atoms with Crippen molar-refractivity contribution in [2.24, 2.45) is 0 Å².